The standard InChI is InChI=1S/C26H29ClN6O/c1-16-7-8-20(21(27)10-16)26(34)32-9-5-4-6-23(32)22-11-24-29-25(18(3)14-33(24)30-22)31-13-17(2)19(12-28)15-31/h7-8,10-11,14,17,19,23H,4-6,9,13,15H2,1-3H3/t17-,19+,23-/m0/s1. The molecular formula is C26H29ClN6O. The molecule has 176 valence electrons. The zero-order chi connectivity index (χ0) is 24.0. The van der Waals surface area contributed by atoms with Gasteiger partial charge in [0, 0.05) is 37.5 Å². The maximum Gasteiger partial charge on any atom is 0.255 e. The Hall–Kier alpha value is -3.11. The van der Waals surface area contributed by atoms with Crippen LogP contribution in [0.15, 0.2) is 30.5 Å². The van der Waals surface area contributed by atoms with Gasteiger partial charge in [0.25, 0.3) is 5.91 Å². The van der Waals surface area contributed by atoms with Gasteiger partial charge in [-0.25, -0.2) is 9.50 Å². The van der Waals surface area contributed by atoms with Crippen molar-refractivity contribution >= 4 is 29.0 Å². The first-order chi connectivity index (χ1) is 16.4. The van der Waals surface area contributed by atoms with Crippen LogP contribution in [0, 0.1) is 37.0 Å². The molecule has 0 unspecified atom stereocenters. The van der Waals surface area contributed by atoms with E-state index in [0.717, 1.165) is 54.1 Å². The lowest BCUT2D eigenvalue weighted by molar-refractivity contribution is 0.0606. The second-order valence-electron chi connectivity index (χ2n) is 9.73. The van der Waals surface area contributed by atoms with Gasteiger partial charge in [0.1, 0.15) is 5.82 Å². The number of nitrogens with zero attached hydrogens (tertiary/aromatic N) is 6. The minimum absolute atomic E-state index is 0.0216. The van der Waals surface area contributed by atoms with Crippen molar-refractivity contribution in [3.05, 3.63) is 57.9 Å². The van der Waals surface area contributed by atoms with E-state index in [9.17, 15) is 10.1 Å². The Kier molecular flexibility index (Phi) is 5.95. The molecule has 2 aromatic heterocycles. The van der Waals surface area contributed by atoms with Crippen molar-refractivity contribution in [1.29, 1.82) is 5.26 Å². The average Bonchev–Trinajstić information content (AvgIpc) is 3.40. The van der Waals surface area contributed by atoms with Gasteiger partial charge in [-0.1, -0.05) is 24.6 Å². The molecule has 5 rings (SSSR count). The molecule has 2 aliphatic rings. The summed E-state index contributed by atoms with van der Waals surface area (Å²) in [6.07, 6.45) is 4.87. The second kappa shape index (κ2) is 8.92. The summed E-state index contributed by atoms with van der Waals surface area (Å²) in [5, 5.41) is 14.7. The zero-order valence-electron chi connectivity index (χ0n) is 19.8. The van der Waals surface area contributed by atoms with Gasteiger partial charge in [-0.3, -0.25) is 4.79 Å². The lowest BCUT2D eigenvalue weighted by Crippen LogP contribution is -2.38. The summed E-state index contributed by atoms with van der Waals surface area (Å²) in [5.74, 6) is 1.20. The van der Waals surface area contributed by atoms with Gasteiger partial charge in [0.2, 0.25) is 0 Å². The van der Waals surface area contributed by atoms with E-state index in [2.05, 4.69) is 17.9 Å². The Balaban J connectivity index is 1.46. The van der Waals surface area contributed by atoms with Gasteiger partial charge >= 0.3 is 0 Å². The molecule has 2 saturated heterocycles. The number of aryl methyl sites for hydroxylation is 2. The fraction of sp³-hybridized carbons (Fsp3) is 0.462. The first kappa shape index (κ1) is 22.7. The number of carbonyl (C=O) groups excluding carboxylic acids is 1. The van der Waals surface area contributed by atoms with E-state index in [-0.39, 0.29) is 17.9 Å². The molecule has 8 heteroatoms. The summed E-state index contributed by atoms with van der Waals surface area (Å²) in [5.41, 5.74) is 4.20. The molecule has 0 saturated carbocycles. The number of likely N-dealkylation sites (tertiary alicyclic amines) is 1. The maximum absolute atomic E-state index is 13.5. The van der Waals surface area contributed by atoms with Gasteiger partial charge in [-0.15, -0.1) is 0 Å². The largest absolute Gasteiger partial charge is 0.355 e. The average molecular weight is 477 g/mol. The lowest BCUT2D eigenvalue weighted by atomic mass is 9.98. The van der Waals surface area contributed by atoms with Crippen molar-refractivity contribution in [2.24, 2.45) is 11.8 Å². The van der Waals surface area contributed by atoms with Crippen LogP contribution in [-0.4, -0.2) is 45.0 Å². The van der Waals surface area contributed by atoms with E-state index in [4.69, 9.17) is 21.7 Å². The molecular weight excluding hydrogens is 448 g/mol. The third-order valence-corrected chi connectivity index (χ3v) is 7.47. The Morgan fingerprint density at radius 1 is 1.21 bits per heavy atom. The molecule has 3 aromatic rings. The maximum atomic E-state index is 13.5. The minimum atomic E-state index is -0.112. The normalized spacial score (nSPS) is 22.9. The molecule has 1 amide bonds. The molecule has 0 radical (unpaired) electrons. The Labute approximate surface area is 204 Å². The number of benzene rings is 1. The number of anilines is 1. The number of aromatic nitrogens is 3. The van der Waals surface area contributed by atoms with Crippen LogP contribution in [-0.2, 0) is 0 Å². The highest BCUT2D eigenvalue weighted by molar-refractivity contribution is 6.33. The number of rotatable bonds is 3. The van der Waals surface area contributed by atoms with Gasteiger partial charge in [0.15, 0.2) is 5.65 Å². The number of halogens is 1. The monoisotopic (exact) mass is 476 g/mol. The predicted molar refractivity (Wildman–Crippen MR) is 132 cm³/mol. The van der Waals surface area contributed by atoms with Crippen molar-refractivity contribution in [1.82, 2.24) is 19.5 Å². The van der Waals surface area contributed by atoms with Crippen LogP contribution in [0.5, 0.6) is 0 Å². The highest BCUT2D eigenvalue weighted by atomic mass is 35.5. The van der Waals surface area contributed by atoms with Crippen LogP contribution in [0.4, 0.5) is 5.82 Å². The predicted octanol–water partition coefficient (Wildman–Crippen LogP) is 4.96. The van der Waals surface area contributed by atoms with Gasteiger partial charge in [-0.2, -0.15) is 10.4 Å². The summed E-state index contributed by atoms with van der Waals surface area (Å²) in [7, 11) is 0. The highest BCUT2D eigenvalue weighted by Gasteiger charge is 2.33. The van der Waals surface area contributed by atoms with Crippen LogP contribution in [0.25, 0.3) is 5.65 Å². The summed E-state index contributed by atoms with van der Waals surface area (Å²) < 4.78 is 1.81. The molecule has 0 spiro atoms. The molecule has 3 atom stereocenters. The summed E-state index contributed by atoms with van der Waals surface area (Å²) in [6, 6.07) is 9.88. The van der Waals surface area contributed by atoms with E-state index in [1.807, 2.05) is 53.7 Å². The lowest BCUT2D eigenvalue weighted by Gasteiger charge is -2.35. The fourth-order valence-electron chi connectivity index (χ4n) is 5.24. The van der Waals surface area contributed by atoms with Crippen LogP contribution in [0.2, 0.25) is 5.02 Å². The van der Waals surface area contributed by atoms with Crippen LogP contribution >= 0.6 is 11.6 Å². The Morgan fingerprint density at radius 2 is 2.03 bits per heavy atom. The van der Waals surface area contributed by atoms with Gasteiger partial charge < -0.3 is 9.80 Å². The quantitative estimate of drug-likeness (QED) is 0.533. The van der Waals surface area contributed by atoms with Gasteiger partial charge in [0.05, 0.1) is 34.3 Å². The molecule has 7 nitrogen and oxygen atoms in total. The van der Waals surface area contributed by atoms with E-state index in [1.54, 1.807) is 0 Å². The molecule has 4 heterocycles. The Morgan fingerprint density at radius 3 is 2.76 bits per heavy atom. The van der Waals surface area contributed by atoms with E-state index in [1.165, 1.54) is 0 Å². The van der Waals surface area contributed by atoms with E-state index < -0.39 is 0 Å². The molecule has 0 bridgehead atoms. The number of piperidine rings is 1. The molecule has 0 aliphatic carbocycles. The van der Waals surface area contributed by atoms with Crippen LogP contribution in [0.1, 0.15) is 59.4 Å². The van der Waals surface area contributed by atoms with Gasteiger partial charge in [-0.05, 0) is 56.7 Å². The van der Waals surface area contributed by atoms with E-state index >= 15 is 0 Å². The smallest absolute Gasteiger partial charge is 0.255 e. The first-order valence-electron chi connectivity index (χ1n) is 11.9. The van der Waals surface area contributed by atoms with E-state index in [0.29, 0.717) is 29.6 Å². The molecule has 2 aliphatic heterocycles. The summed E-state index contributed by atoms with van der Waals surface area (Å²) in [6.45, 7) is 8.32. The van der Waals surface area contributed by atoms with Crippen molar-refractivity contribution < 1.29 is 4.79 Å². The number of nitriles is 1. The number of hydrogen-bond acceptors (Lipinski definition) is 5. The zero-order valence-corrected chi connectivity index (χ0v) is 20.6. The van der Waals surface area contributed by atoms with Crippen molar-refractivity contribution in [2.75, 3.05) is 24.5 Å². The third kappa shape index (κ3) is 4.01. The summed E-state index contributed by atoms with van der Waals surface area (Å²) >= 11 is 6.43. The summed E-state index contributed by atoms with van der Waals surface area (Å²) in [4.78, 5) is 22.5. The Bertz CT molecular complexity index is 1290. The third-order valence-electron chi connectivity index (χ3n) is 7.16. The van der Waals surface area contributed by atoms with Crippen LogP contribution < -0.4 is 4.90 Å². The molecule has 34 heavy (non-hydrogen) atoms. The van der Waals surface area contributed by atoms with Crippen molar-refractivity contribution in [3.8, 4) is 6.07 Å². The van der Waals surface area contributed by atoms with Crippen molar-refractivity contribution in [2.45, 2.75) is 46.1 Å². The number of amides is 1. The number of carbonyl (C=O) groups is 1. The number of hydrogen-bond donors (Lipinski definition) is 0. The minimum Gasteiger partial charge on any atom is -0.355 e. The fourth-order valence-corrected chi connectivity index (χ4v) is 5.56. The SMILES string of the molecule is Cc1ccc(C(=O)N2CCCC[C@H]2c2cc3nc(N4C[C@@H](C#N)[C@@H](C)C4)c(C)cn3n2)c(Cl)c1. The van der Waals surface area contributed by atoms with Crippen LogP contribution in [0.3, 0.4) is 0 Å². The first-order valence-corrected chi connectivity index (χ1v) is 12.3. The second-order valence-corrected chi connectivity index (χ2v) is 10.1. The molecule has 2 fully saturated rings. The highest BCUT2D eigenvalue weighted by Crippen LogP contribution is 2.34. The molecule has 1 aromatic carbocycles. The van der Waals surface area contributed by atoms with Crippen molar-refractivity contribution in [3.63, 3.8) is 0 Å². The number of fused-ring (bicyclic) bond motifs is 1. The molecule has 0 N–H and O–H groups in total. The topological polar surface area (TPSA) is 77.5 Å².